The highest BCUT2D eigenvalue weighted by Gasteiger charge is 2.41. The maximum atomic E-state index is 11.9. The number of amides is 1. The summed E-state index contributed by atoms with van der Waals surface area (Å²) in [6, 6.07) is 2.22. The van der Waals surface area contributed by atoms with Gasteiger partial charge in [-0.3, -0.25) is 4.79 Å². The Balaban J connectivity index is 1.91. The second-order valence-corrected chi connectivity index (χ2v) is 6.16. The average molecular weight is 307 g/mol. The summed E-state index contributed by atoms with van der Waals surface area (Å²) in [6.45, 7) is 4.55. The van der Waals surface area contributed by atoms with Gasteiger partial charge in [0, 0.05) is 25.7 Å². The molecule has 1 aromatic heterocycles. The lowest BCUT2D eigenvalue weighted by atomic mass is 9.91. The number of aromatic nitrogens is 2. The largest absolute Gasteiger partial charge is 0.370 e. The van der Waals surface area contributed by atoms with Gasteiger partial charge in [0.25, 0.3) is 0 Å². The Morgan fingerprint density at radius 2 is 2.38 bits per heavy atom. The van der Waals surface area contributed by atoms with Crippen LogP contribution in [0.5, 0.6) is 0 Å². The zero-order valence-corrected chi connectivity index (χ0v) is 13.2. The van der Waals surface area contributed by atoms with E-state index in [-0.39, 0.29) is 17.9 Å². The molecule has 2 N–H and O–H groups in total. The van der Waals surface area contributed by atoms with Crippen molar-refractivity contribution in [2.24, 2.45) is 5.92 Å². The Kier molecular flexibility index (Phi) is 4.19. The maximum Gasteiger partial charge on any atom is 0.225 e. The zero-order valence-electron chi connectivity index (χ0n) is 12.4. The lowest BCUT2D eigenvalue weighted by Gasteiger charge is -2.37. The number of fused-ring (bicyclic) bond motifs is 1. The number of hydrogen-bond donors (Lipinski definition) is 2. The molecule has 6 nitrogen and oxygen atoms in total. The summed E-state index contributed by atoms with van der Waals surface area (Å²) in [6.07, 6.45) is 3.99. The van der Waals surface area contributed by atoms with Crippen LogP contribution in [0.15, 0.2) is 11.2 Å². The molecule has 2 aliphatic rings. The first-order chi connectivity index (χ1) is 10.2. The summed E-state index contributed by atoms with van der Waals surface area (Å²) in [4.78, 5) is 23.3. The van der Waals surface area contributed by atoms with Crippen LogP contribution in [0.2, 0.25) is 0 Å². The van der Waals surface area contributed by atoms with E-state index in [1.165, 1.54) is 0 Å². The van der Waals surface area contributed by atoms with Gasteiger partial charge in [0.05, 0.1) is 12.0 Å². The predicted molar refractivity (Wildman–Crippen MR) is 84.8 cm³/mol. The Labute approximate surface area is 129 Å². The summed E-state index contributed by atoms with van der Waals surface area (Å²) in [5.41, 5.74) is 0. The summed E-state index contributed by atoms with van der Waals surface area (Å²) in [5.74, 6) is 2.08. The van der Waals surface area contributed by atoms with Crippen molar-refractivity contribution in [1.29, 1.82) is 0 Å². The Hall–Kier alpha value is -1.50. The lowest BCUT2D eigenvalue weighted by Crippen LogP contribution is -2.46. The van der Waals surface area contributed by atoms with Crippen molar-refractivity contribution in [3.63, 3.8) is 0 Å². The standard InChI is InChI=1S/C14H21N5OS/c1-3-15-11-7-12(18-14(17-11)21-2)19-6-4-5-9-10(19)8-16-13(9)20/h7,9-10H,3-6,8H2,1-2H3,(H,16,20)(H,15,17,18). The van der Waals surface area contributed by atoms with E-state index in [2.05, 4.69) is 32.4 Å². The second kappa shape index (κ2) is 6.09. The van der Waals surface area contributed by atoms with E-state index < -0.39 is 0 Å². The summed E-state index contributed by atoms with van der Waals surface area (Å²) < 4.78 is 0. The van der Waals surface area contributed by atoms with Crippen molar-refractivity contribution in [3.05, 3.63) is 6.07 Å². The smallest absolute Gasteiger partial charge is 0.225 e. The minimum absolute atomic E-state index is 0.106. The van der Waals surface area contributed by atoms with Crippen molar-refractivity contribution in [3.8, 4) is 0 Å². The van der Waals surface area contributed by atoms with Crippen molar-refractivity contribution in [2.45, 2.75) is 31.0 Å². The fourth-order valence-electron chi connectivity index (χ4n) is 3.16. The Morgan fingerprint density at radius 3 is 3.14 bits per heavy atom. The molecule has 0 aliphatic carbocycles. The zero-order chi connectivity index (χ0) is 14.8. The number of nitrogens with one attached hydrogen (secondary N) is 2. The van der Waals surface area contributed by atoms with Crippen LogP contribution in [0.4, 0.5) is 11.6 Å². The van der Waals surface area contributed by atoms with Crippen molar-refractivity contribution >= 4 is 29.3 Å². The quantitative estimate of drug-likeness (QED) is 0.646. The number of thioether (sulfide) groups is 1. The van der Waals surface area contributed by atoms with Gasteiger partial charge in [-0.1, -0.05) is 11.8 Å². The van der Waals surface area contributed by atoms with Crippen LogP contribution in [0.1, 0.15) is 19.8 Å². The fourth-order valence-corrected chi connectivity index (χ4v) is 3.53. The Morgan fingerprint density at radius 1 is 1.52 bits per heavy atom. The summed E-state index contributed by atoms with van der Waals surface area (Å²) in [7, 11) is 0. The molecule has 2 saturated heterocycles. The molecule has 2 aliphatic heterocycles. The molecule has 0 spiro atoms. The molecule has 3 rings (SSSR count). The molecule has 21 heavy (non-hydrogen) atoms. The molecule has 3 heterocycles. The number of hydrogen-bond acceptors (Lipinski definition) is 6. The van der Waals surface area contributed by atoms with E-state index in [1.54, 1.807) is 11.8 Å². The third-order valence-corrected chi connectivity index (χ3v) is 4.68. The highest BCUT2D eigenvalue weighted by Crippen LogP contribution is 2.32. The number of nitrogens with zero attached hydrogens (tertiary/aromatic N) is 3. The molecule has 1 aromatic rings. The highest BCUT2D eigenvalue weighted by molar-refractivity contribution is 7.98. The molecule has 0 aromatic carbocycles. The molecule has 0 saturated carbocycles. The molecule has 0 bridgehead atoms. The van der Waals surface area contributed by atoms with Crippen LogP contribution in [0, 0.1) is 5.92 Å². The van der Waals surface area contributed by atoms with Crippen molar-refractivity contribution in [2.75, 3.05) is 36.1 Å². The van der Waals surface area contributed by atoms with Crippen molar-refractivity contribution < 1.29 is 4.79 Å². The third kappa shape index (κ3) is 2.79. The van der Waals surface area contributed by atoms with Gasteiger partial charge in [-0.25, -0.2) is 9.97 Å². The van der Waals surface area contributed by atoms with Crippen LogP contribution in [-0.4, -0.2) is 47.8 Å². The minimum Gasteiger partial charge on any atom is -0.370 e. The molecule has 2 atom stereocenters. The minimum atomic E-state index is 0.106. The predicted octanol–water partition coefficient (Wildman–Crippen LogP) is 1.35. The first-order valence-corrected chi connectivity index (χ1v) is 8.66. The molecule has 7 heteroatoms. The van der Waals surface area contributed by atoms with E-state index in [1.807, 2.05) is 12.3 Å². The monoisotopic (exact) mass is 307 g/mol. The molecule has 2 unspecified atom stereocenters. The van der Waals surface area contributed by atoms with Crippen LogP contribution < -0.4 is 15.5 Å². The normalized spacial score (nSPS) is 24.7. The number of piperidine rings is 1. The topological polar surface area (TPSA) is 70.2 Å². The van der Waals surface area contributed by atoms with Crippen LogP contribution in [-0.2, 0) is 4.79 Å². The van der Waals surface area contributed by atoms with Gasteiger partial charge >= 0.3 is 0 Å². The fraction of sp³-hybridized carbons (Fsp3) is 0.643. The lowest BCUT2D eigenvalue weighted by molar-refractivity contribution is -0.122. The van der Waals surface area contributed by atoms with Gasteiger partial charge in [0.2, 0.25) is 5.91 Å². The second-order valence-electron chi connectivity index (χ2n) is 5.38. The first kappa shape index (κ1) is 14.4. The summed E-state index contributed by atoms with van der Waals surface area (Å²) in [5, 5.41) is 7.01. The molecular formula is C14H21N5OS. The number of carbonyl (C=O) groups is 1. The third-order valence-electron chi connectivity index (χ3n) is 4.13. The van der Waals surface area contributed by atoms with E-state index >= 15 is 0 Å². The van der Waals surface area contributed by atoms with Gasteiger partial charge in [0.15, 0.2) is 5.16 Å². The van der Waals surface area contributed by atoms with E-state index in [0.717, 1.165) is 49.3 Å². The Bertz CT molecular complexity index is 538. The van der Waals surface area contributed by atoms with E-state index in [9.17, 15) is 4.79 Å². The molecule has 0 radical (unpaired) electrons. The molecule has 114 valence electrons. The van der Waals surface area contributed by atoms with Gasteiger partial charge < -0.3 is 15.5 Å². The van der Waals surface area contributed by atoms with Crippen molar-refractivity contribution in [1.82, 2.24) is 15.3 Å². The number of rotatable bonds is 4. The van der Waals surface area contributed by atoms with E-state index in [4.69, 9.17) is 0 Å². The number of carbonyl (C=O) groups excluding carboxylic acids is 1. The first-order valence-electron chi connectivity index (χ1n) is 7.44. The highest BCUT2D eigenvalue weighted by atomic mass is 32.2. The van der Waals surface area contributed by atoms with Gasteiger partial charge in [-0.2, -0.15) is 0 Å². The van der Waals surface area contributed by atoms with Crippen LogP contribution >= 0.6 is 11.8 Å². The van der Waals surface area contributed by atoms with Crippen LogP contribution in [0.25, 0.3) is 0 Å². The van der Waals surface area contributed by atoms with Crippen LogP contribution in [0.3, 0.4) is 0 Å². The molecular weight excluding hydrogens is 286 g/mol. The summed E-state index contributed by atoms with van der Waals surface area (Å²) >= 11 is 1.54. The SMILES string of the molecule is CCNc1cc(N2CCCC3C(=O)NCC32)nc(SC)n1. The average Bonchev–Trinajstić information content (AvgIpc) is 2.89. The number of anilines is 2. The maximum absolute atomic E-state index is 11.9. The van der Waals surface area contributed by atoms with Gasteiger partial charge in [-0.05, 0) is 26.0 Å². The molecule has 2 fully saturated rings. The van der Waals surface area contributed by atoms with Gasteiger partial charge in [-0.15, -0.1) is 0 Å². The molecule has 1 amide bonds. The van der Waals surface area contributed by atoms with Gasteiger partial charge in [0.1, 0.15) is 11.6 Å². The van der Waals surface area contributed by atoms with E-state index in [0.29, 0.717) is 0 Å².